The van der Waals surface area contributed by atoms with Gasteiger partial charge in [-0.05, 0) is 49.6 Å². The summed E-state index contributed by atoms with van der Waals surface area (Å²) < 4.78 is 53.1. The van der Waals surface area contributed by atoms with E-state index in [4.69, 9.17) is 9.47 Å². The second kappa shape index (κ2) is 13.5. The van der Waals surface area contributed by atoms with Gasteiger partial charge in [-0.25, -0.2) is 28.1 Å². The number of anilines is 4. The highest BCUT2D eigenvalue weighted by Gasteiger charge is 2.30. The predicted molar refractivity (Wildman–Crippen MR) is 170 cm³/mol. The lowest BCUT2D eigenvalue weighted by Crippen LogP contribution is -2.41. The first-order chi connectivity index (χ1) is 22.3. The molecule has 2 saturated heterocycles. The number of fused-ring (bicyclic) bond motifs is 1. The number of hydrogen-bond donors (Lipinski definition) is 2. The van der Waals surface area contributed by atoms with Crippen LogP contribution in [0.1, 0.15) is 19.3 Å². The number of methoxy groups -OCH3 is 1. The van der Waals surface area contributed by atoms with Gasteiger partial charge in [0.15, 0.2) is 0 Å². The third-order valence-corrected chi connectivity index (χ3v) is 8.35. The molecule has 0 bridgehead atoms. The van der Waals surface area contributed by atoms with Gasteiger partial charge < -0.3 is 29.9 Å². The first-order valence-electron chi connectivity index (χ1n) is 15.1. The summed E-state index contributed by atoms with van der Waals surface area (Å²) in [5, 5.41) is 7.26. The minimum Gasteiger partial charge on any atom is -0.495 e. The predicted octanol–water partition coefficient (Wildman–Crippen LogP) is 6.39. The van der Waals surface area contributed by atoms with Gasteiger partial charge in [-0.15, -0.1) is 0 Å². The fourth-order valence-electron chi connectivity index (χ4n) is 5.82. The molecule has 1 atom stereocenters. The van der Waals surface area contributed by atoms with Crippen molar-refractivity contribution in [2.75, 3.05) is 48.8 Å². The lowest BCUT2D eigenvalue weighted by atomic mass is 10.0. The topological polar surface area (TPSA) is 105 Å². The van der Waals surface area contributed by atoms with Gasteiger partial charge in [0.2, 0.25) is 12.3 Å². The minimum atomic E-state index is -2.37. The van der Waals surface area contributed by atoms with Crippen molar-refractivity contribution in [3.63, 3.8) is 0 Å². The molecule has 6 rings (SSSR count). The van der Waals surface area contributed by atoms with Crippen LogP contribution in [-0.4, -0.2) is 71.5 Å². The SMILES string of the molecule is C=CC(=O)N1CCC(Nc2cc3c(Nc4ccc(Oc5ccnc(N6CC[C@@H](C(F)F)C6)c5)cc4F)ncnc3cc2OC)CC1. The van der Waals surface area contributed by atoms with E-state index in [-0.39, 0.29) is 29.9 Å². The second-order valence-electron chi connectivity index (χ2n) is 11.3. The Bertz CT molecular complexity index is 1730. The van der Waals surface area contributed by atoms with E-state index in [1.165, 1.54) is 24.7 Å². The van der Waals surface area contributed by atoms with Crippen LogP contribution in [0.25, 0.3) is 10.9 Å². The van der Waals surface area contributed by atoms with Crippen LogP contribution < -0.4 is 25.0 Å². The van der Waals surface area contributed by atoms with E-state index in [0.29, 0.717) is 60.1 Å². The number of nitrogens with one attached hydrogen (secondary N) is 2. The summed E-state index contributed by atoms with van der Waals surface area (Å²) in [7, 11) is 1.58. The third-order valence-electron chi connectivity index (χ3n) is 8.35. The van der Waals surface area contributed by atoms with Gasteiger partial charge in [0.25, 0.3) is 0 Å². The molecule has 10 nitrogen and oxygen atoms in total. The Morgan fingerprint density at radius 3 is 2.54 bits per heavy atom. The summed E-state index contributed by atoms with van der Waals surface area (Å²) in [6.45, 7) is 5.52. The van der Waals surface area contributed by atoms with E-state index in [1.807, 2.05) is 6.07 Å². The van der Waals surface area contributed by atoms with Crippen LogP contribution in [0.15, 0.2) is 67.6 Å². The summed E-state index contributed by atoms with van der Waals surface area (Å²) >= 11 is 0. The maximum absolute atomic E-state index is 15.4. The summed E-state index contributed by atoms with van der Waals surface area (Å²) in [5.41, 5.74) is 1.53. The monoisotopic (exact) mass is 633 g/mol. The highest BCUT2D eigenvalue weighted by atomic mass is 19.3. The molecule has 2 aromatic carbocycles. The summed E-state index contributed by atoms with van der Waals surface area (Å²) in [6.07, 6.45) is 3.81. The molecule has 4 heterocycles. The van der Waals surface area contributed by atoms with E-state index >= 15 is 4.39 Å². The van der Waals surface area contributed by atoms with Gasteiger partial charge in [-0.1, -0.05) is 6.58 Å². The molecule has 0 aliphatic carbocycles. The van der Waals surface area contributed by atoms with Crippen LogP contribution in [0.3, 0.4) is 0 Å². The molecule has 2 aliphatic rings. The van der Waals surface area contributed by atoms with Gasteiger partial charge in [0.05, 0.1) is 24.0 Å². The number of rotatable bonds is 10. The number of carbonyl (C=O) groups is 1. The van der Waals surface area contributed by atoms with E-state index in [9.17, 15) is 13.6 Å². The number of carbonyl (C=O) groups excluding carboxylic acids is 1. The molecule has 240 valence electrons. The first-order valence-corrected chi connectivity index (χ1v) is 15.1. The van der Waals surface area contributed by atoms with Crippen molar-refractivity contribution in [1.29, 1.82) is 0 Å². The quantitative estimate of drug-likeness (QED) is 0.192. The van der Waals surface area contributed by atoms with Crippen molar-refractivity contribution in [1.82, 2.24) is 19.9 Å². The molecule has 1 amide bonds. The van der Waals surface area contributed by atoms with Crippen molar-refractivity contribution in [3.8, 4) is 17.2 Å². The number of alkyl halides is 2. The second-order valence-corrected chi connectivity index (χ2v) is 11.3. The van der Waals surface area contributed by atoms with Gasteiger partial charge >= 0.3 is 0 Å². The zero-order valence-corrected chi connectivity index (χ0v) is 25.3. The van der Waals surface area contributed by atoms with Crippen molar-refractivity contribution in [2.45, 2.75) is 31.7 Å². The number of ether oxygens (including phenoxy) is 2. The van der Waals surface area contributed by atoms with E-state index in [1.54, 1.807) is 47.2 Å². The molecular formula is C33H34F3N7O3. The van der Waals surface area contributed by atoms with Crippen LogP contribution in [-0.2, 0) is 4.79 Å². The van der Waals surface area contributed by atoms with E-state index < -0.39 is 18.2 Å². The lowest BCUT2D eigenvalue weighted by Gasteiger charge is -2.32. The minimum absolute atomic E-state index is 0.0715. The molecule has 0 radical (unpaired) electrons. The Labute approximate surface area is 264 Å². The van der Waals surface area contributed by atoms with Gasteiger partial charge in [0, 0.05) is 67.9 Å². The number of nitrogens with zero attached hydrogens (tertiary/aromatic N) is 5. The van der Waals surface area contributed by atoms with Crippen LogP contribution in [0, 0.1) is 11.7 Å². The lowest BCUT2D eigenvalue weighted by molar-refractivity contribution is -0.126. The van der Waals surface area contributed by atoms with E-state index in [0.717, 1.165) is 18.5 Å². The average Bonchev–Trinajstić information content (AvgIpc) is 3.57. The molecule has 0 saturated carbocycles. The maximum atomic E-state index is 15.4. The molecule has 2 aliphatic heterocycles. The molecule has 0 unspecified atom stereocenters. The number of amides is 1. The van der Waals surface area contributed by atoms with Crippen molar-refractivity contribution in [2.24, 2.45) is 5.92 Å². The molecule has 13 heteroatoms. The number of aromatic nitrogens is 3. The fourth-order valence-corrected chi connectivity index (χ4v) is 5.82. The number of piperidine rings is 1. The Morgan fingerprint density at radius 2 is 1.83 bits per heavy atom. The van der Waals surface area contributed by atoms with Crippen molar-refractivity contribution in [3.05, 3.63) is 73.5 Å². The Hall–Kier alpha value is -5.07. The normalized spacial score (nSPS) is 16.9. The zero-order valence-electron chi connectivity index (χ0n) is 25.3. The molecule has 2 aromatic heterocycles. The molecule has 0 spiro atoms. The number of benzene rings is 2. The number of hydrogen-bond acceptors (Lipinski definition) is 9. The first kappa shape index (κ1) is 30.9. The highest BCUT2D eigenvalue weighted by Crippen LogP contribution is 2.36. The molecule has 2 N–H and O–H groups in total. The molecule has 4 aromatic rings. The van der Waals surface area contributed by atoms with Gasteiger partial charge in [-0.2, -0.15) is 0 Å². The summed E-state index contributed by atoms with van der Waals surface area (Å²) in [4.78, 5) is 28.6. The Kier molecular flexibility index (Phi) is 9.08. The van der Waals surface area contributed by atoms with E-state index in [2.05, 4.69) is 32.2 Å². The van der Waals surface area contributed by atoms with Crippen LogP contribution >= 0.6 is 0 Å². The molecular weight excluding hydrogens is 599 g/mol. The summed E-state index contributed by atoms with van der Waals surface area (Å²) in [6, 6.07) is 11.5. The van der Waals surface area contributed by atoms with Gasteiger partial charge in [0.1, 0.15) is 41.0 Å². The molecule has 46 heavy (non-hydrogen) atoms. The fraction of sp³-hybridized carbons (Fsp3) is 0.333. The Balaban J connectivity index is 1.17. The van der Waals surface area contributed by atoms with Gasteiger partial charge in [-0.3, -0.25) is 4.79 Å². The largest absolute Gasteiger partial charge is 0.495 e. The van der Waals surface area contributed by atoms with Crippen LogP contribution in [0.2, 0.25) is 0 Å². The van der Waals surface area contributed by atoms with Crippen molar-refractivity contribution < 1.29 is 27.4 Å². The molecule has 2 fully saturated rings. The smallest absolute Gasteiger partial charge is 0.245 e. The van der Waals surface area contributed by atoms with Crippen molar-refractivity contribution >= 4 is 39.8 Å². The van der Waals surface area contributed by atoms with Crippen LogP contribution in [0.4, 0.5) is 36.2 Å². The average molecular weight is 634 g/mol. The highest BCUT2D eigenvalue weighted by molar-refractivity contribution is 5.95. The third kappa shape index (κ3) is 6.77. The number of halogens is 3. The standard InChI is InChI=1S/C33H34F3N7O3/c1-3-31(44)42-12-8-21(9-13-42)40-28-16-24-27(17-29(28)45-2)38-19-39-33(24)41-26-5-4-22(14-25(26)34)46-23-6-10-37-30(15-23)43-11-7-20(18-43)32(35)36/h3-6,10,14-17,19-21,32,40H,1,7-9,11-13,18H2,2H3,(H,38,39,41)/t20-/m1/s1. The maximum Gasteiger partial charge on any atom is 0.245 e. The Morgan fingerprint density at radius 1 is 1.02 bits per heavy atom. The number of likely N-dealkylation sites (tertiary alicyclic amines) is 1. The summed E-state index contributed by atoms with van der Waals surface area (Å²) in [5.74, 6) is 0.901. The van der Waals surface area contributed by atoms with Crippen LogP contribution in [0.5, 0.6) is 17.2 Å². The number of pyridine rings is 1. The zero-order chi connectivity index (χ0) is 32.2.